The highest BCUT2D eigenvalue weighted by molar-refractivity contribution is 5.45. The van der Waals surface area contributed by atoms with Gasteiger partial charge in [0, 0.05) is 18.0 Å². The molecule has 2 bridgehead atoms. The molecule has 3 atom stereocenters. The molecule has 2 aromatic carbocycles. The number of benzene rings is 2. The molecule has 1 N–H and O–H groups in total. The Labute approximate surface area is 169 Å². The van der Waals surface area contributed by atoms with Crippen LogP contribution in [0.5, 0.6) is 5.75 Å². The topological polar surface area (TPSA) is 32.7 Å². The highest BCUT2D eigenvalue weighted by Gasteiger charge is 2.55. The van der Waals surface area contributed by atoms with E-state index in [-0.39, 0.29) is 16.9 Å². The summed E-state index contributed by atoms with van der Waals surface area (Å²) in [6.45, 7) is 12.2. The number of rotatable bonds is 5. The van der Waals surface area contributed by atoms with E-state index in [0.717, 1.165) is 25.9 Å². The van der Waals surface area contributed by atoms with E-state index in [0.29, 0.717) is 18.4 Å². The van der Waals surface area contributed by atoms with Gasteiger partial charge in [-0.05, 0) is 60.5 Å². The first-order chi connectivity index (χ1) is 13.3. The number of piperidine rings is 1. The average Bonchev–Trinajstić information content (AvgIpc) is 2.66. The maximum absolute atomic E-state index is 10.0. The summed E-state index contributed by atoms with van der Waals surface area (Å²) in [6, 6.07) is 16.9. The Balaban J connectivity index is 1.50. The molecule has 4 rings (SSSR count). The molecule has 1 saturated heterocycles. The number of hydrogen-bond acceptors (Lipinski definition) is 3. The first-order valence-corrected chi connectivity index (χ1v) is 10.5. The fourth-order valence-corrected chi connectivity index (χ4v) is 5.45. The van der Waals surface area contributed by atoms with E-state index in [1.165, 1.54) is 16.7 Å². The second-order valence-corrected chi connectivity index (χ2v) is 9.47. The Morgan fingerprint density at radius 1 is 1.14 bits per heavy atom. The lowest BCUT2D eigenvalue weighted by atomic mass is 9.51. The summed E-state index contributed by atoms with van der Waals surface area (Å²) in [7, 11) is 0. The van der Waals surface area contributed by atoms with Gasteiger partial charge in [0.1, 0.15) is 5.75 Å². The van der Waals surface area contributed by atoms with Gasteiger partial charge in [0.15, 0.2) is 0 Å². The predicted octanol–water partition coefficient (Wildman–Crippen LogP) is 4.91. The summed E-state index contributed by atoms with van der Waals surface area (Å²) in [6.07, 6.45) is 2.32. The quantitative estimate of drug-likeness (QED) is 0.801. The summed E-state index contributed by atoms with van der Waals surface area (Å²) in [4.78, 5) is 2.63. The molecule has 1 aliphatic carbocycles. The van der Waals surface area contributed by atoms with Gasteiger partial charge in [-0.2, -0.15) is 0 Å². The molecule has 2 aliphatic rings. The Kier molecular flexibility index (Phi) is 5.01. The smallest absolute Gasteiger partial charge is 0.115 e. The lowest BCUT2D eigenvalue weighted by Gasteiger charge is -2.61. The summed E-state index contributed by atoms with van der Waals surface area (Å²) < 4.78 is 6.17. The van der Waals surface area contributed by atoms with Crippen LogP contribution in [0.2, 0.25) is 0 Å². The number of phenolic OH excluding ortho intramolecular Hbond substituents is 1. The van der Waals surface area contributed by atoms with Gasteiger partial charge >= 0.3 is 0 Å². The van der Waals surface area contributed by atoms with Gasteiger partial charge in [0.2, 0.25) is 0 Å². The van der Waals surface area contributed by atoms with E-state index < -0.39 is 0 Å². The largest absolute Gasteiger partial charge is 0.508 e. The molecule has 0 amide bonds. The molecule has 28 heavy (non-hydrogen) atoms. The Bertz CT molecular complexity index is 832. The van der Waals surface area contributed by atoms with Gasteiger partial charge in [0.05, 0.1) is 12.7 Å². The Morgan fingerprint density at radius 3 is 2.64 bits per heavy atom. The van der Waals surface area contributed by atoms with Crippen molar-refractivity contribution < 1.29 is 9.84 Å². The number of fused-ring (bicyclic) bond motifs is 4. The molecular formula is C25H33NO2. The van der Waals surface area contributed by atoms with Crippen molar-refractivity contribution in [2.75, 3.05) is 13.1 Å². The molecule has 0 saturated carbocycles. The standard InChI is InChI=1S/C25H33NO2/c1-18(28-17-19-8-6-5-7-9-19)16-26-13-12-25(4)22-11-10-21(27)14-20(22)15-23(26)24(25,2)3/h5-11,14,18,23,27H,12-13,15-17H2,1-4H3/t18-,23-,25?/m1/s1. The number of hydrogen-bond donors (Lipinski definition) is 1. The third-order valence-corrected chi connectivity index (χ3v) is 7.56. The van der Waals surface area contributed by atoms with Crippen LogP contribution in [0.15, 0.2) is 48.5 Å². The Morgan fingerprint density at radius 2 is 1.89 bits per heavy atom. The van der Waals surface area contributed by atoms with E-state index in [2.05, 4.69) is 62.9 Å². The lowest BCUT2D eigenvalue weighted by molar-refractivity contribution is -0.0648. The molecule has 1 heterocycles. The van der Waals surface area contributed by atoms with Crippen LogP contribution in [-0.4, -0.2) is 35.2 Å². The van der Waals surface area contributed by atoms with Gasteiger partial charge in [-0.25, -0.2) is 0 Å². The molecule has 0 aromatic heterocycles. The number of ether oxygens (including phenoxy) is 1. The first-order valence-electron chi connectivity index (χ1n) is 10.5. The minimum atomic E-state index is 0.142. The third kappa shape index (κ3) is 3.25. The van der Waals surface area contributed by atoms with Crippen LogP contribution in [0.4, 0.5) is 0 Å². The molecular weight excluding hydrogens is 346 g/mol. The monoisotopic (exact) mass is 379 g/mol. The summed E-state index contributed by atoms with van der Waals surface area (Å²) in [5.74, 6) is 0.381. The SMILES string of the molecule is C[C@H](CN1CCC2(C)c3ccc(O)cc3C[C@@H]1C2(C)C)OCc1ccccc1. The van der Waals surface area contributed by atoms with Gasteiger partial charge in [-0.15, -0.1) is 0 Å². The summed E-state index contributed by atoms with van der Waals surface area (Å²) in [5, 5.41) is 10.0. The predicted molar refractivity (Wildman–Crippen MR) is 114 cm³/mol. The van der Waals surface area contributed by atoms with Crippen molar-refractivity contribution in [3.05, 3.63) is 65.2 Å². The molecule has 0 radical (unpaired) electrons. The lowest BCUT2D eigenvalue weighted by Crippen LogP contribution is -2.64. The van der Waals surface area contributed by atoms with Crippen LogP contribution >= 0.6 is 0 Å². The average molecular weight is 380 g/mol. The van der Waals surface area contributed by atoms with Gasteiger partial charge < -0.3 is 9.84 Å². The van der Waals surface area contributed by atoms with Crippen molar-refractivity contribution in [3.63, 3.8) is 0 Å². The molecule has 3 nitrogen and oxygen atoms in total. The highest BCUT2D eigenvalue weighted by atomic mass is 16.5. The van der Waals surface area contributed by atoms with Gasteiger partial charge in [-0.1, -0.05) is 57.2 Å². The molecule has 1 aliphatic heterocycles. The molecule has 150 valence electrons. The molecule has 2 aromatic rings. The first kappa shape index (κ1) is 19.5. The van der Waals surface area contributed by atoms with Crippen LogP contribution in [0.25, 0.3) is 0 Å². The number of nitrogens with zero attached hydrogens (tertiary/aromatic N) is 1. The normalized spacial score (nSPS) is 27.2. The van der Waals surface area contributed by atoms with Crippen molar-refractivity contribution in [2.24, 2.45) is 5.41 Å². The van der Waals surface area contributed by atoms with E-state index in [1.54, 1.807) is 0 Å². The second kappa shape index (κ2) is 7.20. The van der Waals surface area contributed by atoms with E-state index in [4.69, 9.17) is 4.74 Å². The zero-order valence-corrected chi connectivity index (χ0v) is 17.6. The van der Waals surface area contributed by atoms with E-state index >= 15 is 0 Å². The van der Waals surface area contributed by atoms with Crippen LogP contribution in [0, 0.1) is 5.41 Å². The van der Waals surface area contributed by atoms with Crippen molar-refractivity contribution >= 4 is 0 Å². The van der Waals surface area contributed by atoms with Crippen LogP contribution in [0.1, 0.15) is 50.8 Å². The summed E-state index contributed by atoms with van der Waals surface area (Å²) >= 11 is 0. The molecule has 1 fully saturated rings. The highest BCUT2D eigenvalue weighted by Crippen LogP contribution is 2.56. The third-order valence-electron chi connectivity index (χ3n) is 7.56. The van der Waals surface area contributed by atoms with Gasteiger partial charge in [-0.3, -0.25) is 4.90 Å². The van der Waals surface area contributed by atoms with Crippen LogP contribution in [0.3, 0.4) is 0 Å². The fraction of sp³-hybridized carbons (Fsp3) is 0.520. The van der Waals surface area contributed by atoms with Crippen LogP contribution < -0.4 is 0 Å². The van der Waals surface area contributed by atoms with E-state index in [1.807, 2.05) is 18.2 Å². The number of likely N-dealkylation sites (tertiary alicyclic amines) is 1. The van der Waals surface area contributed by atoms with Crippen molar-refractivity contribution in [1.29, 1.82) is 0 Å². The maximum atomic E-state index is 10.0. The van der Waals surface area contributed by atoms with Crippen molar-refractivity contribution in [2.45, 2.75) is 64.7 Å². The zero-order chi connectivity index (χ0) is 19.9. The van der Waals surface area contributed by atoms with Crippen molar-refractivity contribution in [3.8, 4) is 5.75 Å². The minimum Gasteiger partial charge on any atom is -0.508 e. The van der Waals surface area contributed by atoms with Gasteiger partial charge in [0.25, 0.3) is 0 Å². The summed E-state index contributed by atoms with van der Waals surface area (Å²) in [5.41, 5.74) is 4.29. The number of aromatic hydroxyl groups is 1. The van der Waals surface area contributed by atoms with Crippen molar-refractivity contribution in [1.82, 2.24) is 4.90 Å². The minimum absolute atomic E-state index is 0.142. The second-order valence-electron chi connectivity index (χ2n) is 9.47. The fourth-order valence-electron chi connectivity index (χ4n) is 5.45. The van der Waals surface area contributed by atoms with E-state index in [9.17, 15) is 5.11 Å². The molecule has 1 unspecified atom stereocenters. The molecule has 0 spiro atoms. The number of phenols is 1. The maximum Gasteiger partial charge on any atom is 0.115 e. The van der Waals surface area contributed by atoms with Crippen LogP contribution in [-0.2, 0) is 23.2 Å². The zero-order valence-electron chi connectivity index (χ0n) is 17.6. The Hall–Kier alpha value is -1.84. The molecule has 3 heteroatoms.